The van der Waals surface area contributed by atoms with Crippen molar-refractivity contribution >= 4 is 22.1 Å². The molecule has 0 bridgehead atoms. The second-order valence-corrected chi connectivity index (χ2v) is 11.5. The van der Waals surface area contributed by atoms with Crippen molar-refractivity contribution in [3.63, 3.8) is 0 Å². The molecule has 2 aromatic heterocycles. The second-order valence-electron chi connectivity index (χ2n) is 11.5. The summed E-state index contributed by atoms with van der Waals surface area (Å²) in [6.07, 6.45) is 0. The van der Waals surface area contributed by atoms with Gasteiger partial charge in [-0.2, -0.15) is 0 Å². The fraction of sp³-hybridized carbons (Fsp3) is 0.257. The van der Waals surface area contributed by atoms with Gasteiger partial charge >= 0.3 is 0 Å². The first-order chi connectivity index (χ1) is 19.3. The number of hydrogen-bond donors (Lipinski definition) is 1. The Morgan fingerprint density at radius 3 is 1.93 bits per heavy atom. The zero-order valence-electron chi connectivity index (χ0n) is 23.9. The summed E-state index contributed by atoms with van der Waals surface area (Å²) in [5.41, 5.74) is 6.16. The van der Waals surface area contributed by atoms with E-state index in [0.29, 0.717) is 12.4 Å². The molecule has 5 heteroatoms. The standard InChI is InChI=1S/C35H36N4O/c1-6-38-31-21-20-25(23-29(31)37-32(38)34(3,4)5)24-14-13-17-27(22-24)35(40,26-15-9-8-10-16-26)33-36-28-18-11-12-19-30(28)39(33)7-2/h8-23,40H,6-7H2,1-5H3. The molecule has 1 unspecified atom stereocenters. The molecule has 1 N–H and O–H groups in total. The quantitative estimate of drug-likeness (QED) is 0.241. The lowest BCUT2D eigenvalue weighted by molar-refractivity contribution is 0.112. The van der Waals surface area contributed by atoms with Crippen LogP contribution in [0.25, 0.3) is 33.2 Å². The van der Waals surface area contributed by atoms with E-state index in [1.807, 2.05) is 60.7 Å². The molecule has 0 spiro atoms. The molecule has 0 aliphatic heterocycles. The summed E-state index contributed by atoms with van der Waals surface area (Å²) < 4.78 is 4.42. The zero-order chi connectivity index (χ0) is 28.1. The smallest absolute Gasteiger partial charge is 0.173 e. The minimum Gasteiger partial charge on any atom is -0.373 e. The van der Waals surface area contributed by atoms with Crippen molar-refractivity contribution in [3.05, 3.63) is 120 Å². The number of hydrogen-bond acceptors (Lipinski definition) is 3. The fourth-order valence-corrected chi connectivity index (χ4v) is 5.90. The van der Waals surface area contributed by atoms with Gasteiger partial charge in [0, 0.05) is 18.5 Å². The number of para-hydroxylation sites is 2. The number of fused-ring (bicyclic) bond motifs is 2. The average Bonchev–Trinajstić information content (AvgIpc) is 3.55. The highest BCUT2D eigenvalue weighted by molar-refractivity contribution is 5.83. The van der Waals surface area contributed by atoms with Gasteiger partial charge in [0.15, 0.2) is 11.4 Å². The molecule has 0 saturated carbocycles. The molecule has 6 aromatic rings. The zero-order valence-corrected chi connectivity index (χ0v) is 23.9. The van der Waals surface area contributed by atoms with Gasteiger partial charge in [-0.25, -0.2) is 9.97 Å². The lowest BCUT2D eigenvalue weighted by Gasteiger charge is -2.30. The van der Waals surface area contributed by atoms with Crippen molar-refractivity contribution < 1.29 is 5.11 Å². The Morgan fingerprint density at radius 1 is 0.600 bits per heavy atom. The van der Waals surface area contributed by atoms with Crippen LogP contribution in [0, 0.1) is 0 Å². The van der Waals surface area contributed by atoms with Crippen molar-refractivity contribution in [3.8, 4) is 11.1 Å². The third-order valence-electron chi connectivity index (χ3n) is 7.83. The molecule has 0 radical (unpaired) electrons. The van der Waals surface area contributed by atoms with Crippen molar-refractivity contribution in [1.82, 2.24) is 19.1 Å². The molecule has 5 nitrogen and oxygen atoms in total. The Kier molecular flexibility index (Phi) is 6.35. The third kappa shape index (κ3) is 4.13. The topological polar surface area (TPSA) is 55.9 Å². The molecule has 0 aliphatic rings. The van der Waals surface area contributed by atoms with Gasteiger partial charge in [-0.15, -0.1) is 0 Å². The highest BCUT2D eigenvalue weighted by atomic mass is 16.3. The van der Waals surface area contributed by atoms with Crippen molar-refractivity contribution in [1.29, 1.82) is 0 Å². The molecule has 202 valence electrons. The normalized spacial score (nSPS) is 13.7. The summed E-state index contributed by atoms with van der Waals surface area (Å²) in [5.74, 6) is 1.71. The monoisotopic (exact) mass is 528 g/mol. The Morgan fingerprint density at radius 2 is 1.20 bits per heavy atom. The van der Waals surface area contributed by atoms with Crippen LogP contribution in [-0.2, 0) is 24.1 Å². The first-order valence-corrected chi connectivity index (χ1v) is 14.1. The Balaban J connectivity index is 1.54. The molecule has 6 rings (SSSR count). The summed E-state index contributed by atoms with van der Waals surface area (Å²) in [5, 5.41) is 12.7. The summed E-state index contributed by atoms with van der Waals surface area (Å²) in [7, 11) is 0. The molecular formula is C35H36N4O. The van der Waals surface area contributed by atoms with E-state index >= 15 is 0 Å². The minimum atomic E-state index is -1.44. The van der Waals surface area contributed by atoms with Gasteiger partial charge in [0.1, 0.15) is 5.82 Å². The van der Waals surface area contributed by atoms with E-state index in [0.717, 1.165) is 56.7 Å². The van der Waals surface area contributed by atoms with Gasteiger partial charge in [-0.05, 0) is 66.4 Å². The number of nitrogens with zero attached hydrogens (tertiary/aromatic N) is 4. The van der Waals surface area contributed by atoms with Gasteiger partial charge in [-0.3, -0.25) is 0 Å². The van der Waals surface area contributed by atoms with Crippen LogP contribution in [0.15, 0.2) is 97.1 Å². The molecule has 0 aliphatic carbocycles. The van der Waals surface area contributed by atoms with Gasteiger partial charge in [-0.1, -0.05) is 87.5 Å². The van der Waals surface area contributed by atoms with Gasteiger partial charge in [0.2, 0.25) is 0 Å². The number of aryl methyl sites for hydroxylation is 2. The highest BCUT2D eigenvalue weighted by Crippen LogP contribution is 2.39. The van der Waals surface area contributed by atoms with Crippen LogP contribution < -0.4 is 0 Å². The van der Waals surface area contributed by atoms with Crippen LogP contribution >= 0.6 is 0 Å². The molecular weight excluding hydrogens is 492 g/mol. The van der Waals surface area contributed by atoms with Crippen LogP contribution in [-0.4, -0.2) is 24.2 Å². The molecule has 4 aromatic carbocycles. The molecule has 0 fully saturated rings. The maximum Gasteiger partial charge on any atom is 0.173 e. The molecule has 0 amide bonds. The van der Waals surface area contributed by atoms with E-state index in [2.05, 4.69) is 80.2 Å². The number of benzene rings is 4. The number of aliphatic hydroxyl groups is 1. The van der Waals surface area contributed by atoms with Crippen LogP contribution in [0.5, 0.6) is 0 Å². The molecule has 2 heterocycles. The van der Waals surface area contributed by atoms with Crippen molar-refractivity contribution in [2.24, 2.45) is 0 Å². The largest absolute Gasteiger partial charge is 0.373 e. The second kappa shape index (κ2) is 9.76. The Bertz CT molecular complexity index is 1820. The predicted molar refractivity (Wildman–Crippen MR) is 163 cm³/mol. The van der Waals surface area contributed by atoms with Crippen LogP contribution in [0.2, 0.25) is 0 Å². The average molecular weight is 529 g/mol. The van der Waals surface area contributed by atoms with Crippen molar-refractivity contribution in [2.45, 2.75) is 58.7 Å². The fourth-order valence-electron chi connectivity index (χ4n) is 5.90. The van der Waals surface area contributed by atoms with E-state index in [1.165, 1.54) is 0 Å². The van der Waals surface area contributed by atoms with Gasteiger partial charge in [0.25, 0.3) is 0 Å². The van der Waals surface area contributed by atoms with E-state index < -0.39 is 5.60 Å². The van der Waals surface area contributed by atoms with E-state index in [4.69, 9.17) is 9.97 Å². The van der Waals surface area contributed by atoms with E-state index in [-0.39, 0.29) is 5.41 Å². The highest BCUT2D eigenvalue weighted by Gasteiger charge is 2.39. The number of aromatic nitrogens is 4. The lowest BCUT2D eigenvalue weighted by atomic mass is 9.84. The molecule has 40 heavy (non-hydrogen) atoms. The van der Waals surface area contributed by atoms with Crippen LogP contribution in [0.3, 0.4) is 0 Å². The summed E-state index contributed by atoms with van der Waals surface area (Å²) in [4.78, 5) is 10.1. The number of rotatable bonds is 6. The third-order valence-corrected chi connectivity index (χ3v) is 7.83. The summed E-state index contributed by atoms with van der Waals surface area (Å²) >= 11 is 0. The van der Waals surface area contributed by atoms with Crippen LogP contribution in [0.1, 0.15) is 57.4 Å². The predicted octanol–water partition coefficient (Wildman–Crippen LogP) is 7.67. The summed E-state index contributed by atoms with van der Waals surface area (Å²) in [6, 6.07) is 32.6. The maximum absolute atomic E-state index is 12.7. The first kappa shape index (κ1) is 26.0. The van der Waals surface area contributed by atoms with Crippen molar-refractivity contribution in [2.75, 3.05) is 0 Å². The van der Waals surface area contributed by atoms with E-state index in [9.17, 15) is 5.11 Å². The van der Waals surface area contributed by atoms with E-state index in [1.54, 1.807) is 0 Å². The first-order valence-electron chi connectivity index (χ1n) is 14.1. The summed E-state index contributed by atoms with van der Waals surface area (Å²) in [6.45, 7) is 12.5. The number of imidazole rings is 2. The molecule has 0 saturated heterocycles. The maximum atomic E-state index is 12.7. The SMILES string of the molecule is CCn1c(C(C)(C)C)nc2cc(-c3cccc(C(O)(c4ccccc4)c4nc5ccccc5n4CC)c3)ccc21. The van der Waals surface area contributed by atoms with Gasteiger partial charge < -0.3 is 14.2 Å². The Hall–Kier alpha value is -4.22. The van der Waals surface area contributed by atoms with Crippen LogP contribution in [0.4, 0.5) is 0 Å². The minimum absolute atomic E-state index is 0.0496. The molecule has 1 atom stereocenters. The van der Waals surface area contributed by atoms with Gasteiger partial charge in [0.05, 0.1) is 22.1 Å². The Labute approximate surface area is 235 Å². The lowest BCUT2D eigenvalue weighted by Crippen LogP contribution is -2.32.